The molecule has 176 valence electrons. The van der Waals surface area contributed by atoms with Crippen molar-refractivity contribution in [3.05, 3.63) is 60.2 Å². The largest absolute Gasteiger partial charge is 0.367 e. The predicted molar refractivity (Wildman–Crippen MR) is 132 cm³/mol. The van der Waals surface area contributed by atoms with Crippen LogP contribution in [0.2, 0.25) is 0 Å². The number of hydrogen-bond donors (Lipinski definition) is 2. The van der Waals surface area contributed by atoms with Gasteiger partial charge in [-0.1, -0.05) is 56.3 Å². The number of hydrogen-bond acceptors (Lipinski definition) is 4. The number of fused-ring (bicyclic) bond motifs is 1. The molecule has 1 aliphatic carbocycles. The van der Waals surface area contributed by atoms with E-state index in [1.165, 1.54) is 0 Å². The summed E-state index contributed by atoms with van der Waals surface area (Å²) in [4.78, 5) is 38.6. The summed E-state index contributed by atoms with van der Waals surface area (Å²) in [6.45, 7) is 4.04. The van der Waals surface area contributed by atoms with Gasteiger partial charge in [0.1, 0.15) is 18.2 Å². The highest BCUT2D eigenvalue weighted by atomic mass is 32.1. The summed E-state index contributed by atoms with van der Waals surface area (Å²) >= 11 is 0. The average Bonchev–Trinajstić information content (AvgIpc) is 3.33. The molecule has 0 unspecified atom stereocenters. The van der Waals surface area contributed by atoms with Gasteiger partial charge in [0.05, 0.1) is 6.10 Å². The van der Waals surface area contributed by atoms with Gasteiger partial charge in [-0.15, -0.1) is 0 Å². The van der Waals surface area contributed by atoms with E-state index in [9.17, 15) is 14.4 Å². The minimum atomic E-state index is -0.936. The van der Waals surface area contributed by atoms with Crippen molar-refractivity contribution in [3.8, 4) is 11.1 Å². The lowest BCUT2D eigenvalue weighted by atomic mass is 9.91. The third-order valence-corrected chi connectivity index (χ3v) is 6.43. The van der Waals surface area contributed by atoms with E-state index in [1.807, 2.05) is 56.3 Å². The highest BCUT2D eigenvalue weighted by molar-refractivity contribution is 7.59. The van der Waals surface area contributed by atoms with E-state index < -0.39 is 11.6 Å². The highest BCUT2D eigenvalue weighted by Crippen LogP contribution is 2.38. The summed E-state index contributed by atoms with van der Waals surface area (Å²) in [5.41, 5.74) is 1.65. The fourth-order valence-electron chi connectivity index (χ4n) is 4.73. The second kappa shape index (κ2) is 10.5. The smallest absolute Gasteiger partial charge is 0.251 e. The monoisotopic (exact) mass is 468 g/mol. The molecule has 2 aromatic carbocycles. The molecule has 1 aliphatic heterocycles. The van der Waals surface area contributed by atoms with E-state index in [0.29, 0.717) is 18.4 Å². The topological polar surface area (TPSA) is 84.5 Å². The molecule has 1 heterocycles. The van der Waals surface area contributed by atoms with E-state index >= 15 is 0 Å². The van der Waals surface area contributed by atoms with Crippen LogP contribution in [-0.4, -0.2) is 41.9 Å². The van der Waals surface area contributed by atoms with Crippen molar-refractivity contribution < 1.29 is 19.1 Å². The van der Waals surface area contributed by atoms with Crippen molar-refractivity contribution in [1.82, 2.24) is 10.6 Å². The lowest BCUT2D eigenvalue weighted by Crippen LogP contribution is -2.60. The van der Waals surface area contributed by atoms with Crippen molar-refractivity contribution in [2.24, 2.45) is 5.92 Å². The Hall–Kier alpha value is -2.64. The standard InChI is InChI=1S/C26H30N2O4.H2S/c1-17(2)15-21(25(31)28-26-14-6-9-23(26)32-16-22(26)29)27-24(30)20-12-10-19(11-13-20)18-7-4-3-5-8-18;/h3-5,7-8,10-13,17,21,23H,6,9,14-16H2,1-2H3,(H,27,30)(H,28,31);1H2/t21-,23+,26-;/m0./s1. The molecule has 33 heavy (non-hydrogen) atoms. The molecule has 2 aliphatic rings. The van der Waals surface area contributed by atoms with Crippen LogP contribution in [-0.2, 0) is 14.3 Å². The van der Waals surface area contributed by atoms with Crippen LogP contribution in [0.25, 0.3) is 11.1 Å². The molecule has 6 nitrogen and oxygen atoms in total. The van der Waals surface area contributed by atoms with Gasteiger partial charge in [0.25, 0.3) is 5.91 Å². The van der Waals surface area contributed by atoms with Gasteiger partial charge in [0, 0.05) is 5.56 Å². The number of ether oxygens (including phenoxy) is 1. The predicted octanol–water partition coefficient (Wildman–Crippen LogP) is 3.62. The van der Waals surface area contributed by atoms with Crippen LogP contribution in [0.4, 0.5) is 0 Å². The lowest BCUT2D eigenvalue weighted by Gasteiger charge is -2.30. The maximum Gasteiger partial charge on any atom is 0.251 e. The van der Waals surface area contributed by atoms with Crippen LogP contribution >= 0.6 is 13.5 Å². The summed E-state index contributed by atoms with van der Waals surface area (Å²) in [7, 11) is 0. The number of carbonyl (C=O) groups excluding carboxylic acids is 3. The molecule has 3 atom stereocenters. The molecular formula is C26H32N2O4S. The zero-order chi connectivity index (χ0) is 22.7. The molecule has 0 bridgehead atoms. The minimum absolute atomic E-state index is 0. The first-order valence-corrected chi connectivity index (χ1v) is 11.3. The number of ketones is 1. The number of carbonyl (C=O) groups is 3. The number of amides is 2. The van der Waals surface area contributed by atoms with Crippen LogP contribution in [0.1, 0.15) is 49.9 Å². The molecule has 2 N–H and O–H groups in total. The Labute approximate surface area is 201 Å². The average molecular weight is 469 g/mol. The Bertz CT molecular complexity index is 993. The minimum Gasteiger partial charge on any atom is -0.367 e. The van der Waals surface area contributed by atoms with Crippen LogP contribution in [0, 0.1) is 5.92 Å². The molecular weight excluding hydrogens is 436 g/mol. The first kappa shape index (κ1) is 25.0. The van der Waals surface area contributed by atoms with Crippen LogP contribution in [0.5, 0.6) is 0 Å². The van der Waals surface area contributed by atoms with Gasteiger partial charge >= 0.3 is 0 Å². The number of benzene rings is 2. The Morgan fingerprint density at radius 2 is 1.73 bits per heavy atom. The van der Waals surface area contributed by atoms with Crippen molar-refractivity contribution in [2.75, 3.05) is 6.61 Å². The van der Waals surface area contributed by atoms with Gasteiger partial charge in [0.2, 0.25) is 5.91 Å². The summed E-state index contributed by atoms with van der Waals surface area (Å²) < 4.78 is 5.60. The van der Waals surface area contributed by atoms with Crippen LogP contribution < -0.4 is 10.6 Å². The zero-order valence-corrected chi connectivity index (χ0v) is 20.1. The second-order valence-corrected chi connectivity index (χ2v) is 9.17. The van der Waals surface area contributed by atoms with E-state index in [1.54, 1.807) is 12.1 Å². The van der Waals surface area contributed by atoms with E-state index in [4.69, 9.17) is 4.74 Å². The summed E-state index contributed by atoms with van der Waals surface area (Å²) in [6, 6.07) is 16.5. The van der Waals surface area contributed by atoms with Gasteiger partial charge in [-0.2, -0.15) is 13.5 Å². The molecule has 0 spiro atoms. The molecule has 2 aromatic rings. The maximum absolute atomic E-state index is 13.2. The summed E-state index contributed by atoms with van der Waals surface area (Å²) in [5, 5.41) is 5.85. The number of Topliss-reactive ketones (excluding diaryl/α,β-unsaturated/α-hetero) is 1. The molecule has 2 fully saturated rings. The van der Waals surface area contributed by atoms with Crippen molar-refractivity contribution in [2.45, 2.75) is 57.2 Å². The Kier molecular flexibility index (Phi) is 7.97. The molecule has 1 saturated heterocycles. The number of rotatable bonds is 7. The Morgan fingerprint density at radius 1 is 1.06 bits per heavy atom. The molecule has 1 saturated carbocycles. The Morgan fingerprint density at radius 3 is 2.39 bits per heavy atom. The first-order chi connectivity index (χ1) is 15.4. The van der Waals surface area contributed by atoms with E-state index in [0.717, 1.165) is 24.0 Å². The Balaban J connectivity index is 0.00000306. The molecule has 4 rings (SSSR count). The third kappa shape index (κ3) is 5.31. The number of nitrogens with one attached hydrogen (secondary N) is 2. The summed E-state index contributed by atoms with van der Waals surface area (Å²) in [5.74, 6) is -0.503. The van der Waals surface area contributed by atoms with Crippen LogP contribution in [0.15, 0.2) is 54.6 Å². The van der Waals surface area contributed by atoms with Crippen molar-refractivity contribution >= 4 is 31.1 Å². The SMILES string of the molecule is CC(C)C[C@H](NC(=O)c1ccc(-c2ccccc2)cc1)C(=O)N[C@]12CCC[C@H]1OCC2=O.S. The quantitative estimate of drug-likeness (QED) is 0.650. The molecule has 7 heteroatoms. The zero-order valence-electron chi connectivity index (χ0n) is 19.1. The van der Waals surface area contributed by atoms with E-state index in [2.05, 4.69) is 10.6 Å². The molecule has 2 amide bonds. The van der Waals surface area contributed by atoms with Crippen molar-refractivity contribution in [3.63, 3.8) is 0 Å². The van der Waals surface area contributed by atoms with E-state index in [-0.39, 0.29) is 49.7 Å². The normalized spacial score (nSPS) is 22.4. The maximum atomic E-state index is 13.2. The van der Waals surface area contributed by atoms with Gasteiger partial charge in [-0.25, -0.2) is 0 Å². The van der Waals surface area contributed by atoms with Crippen molar-refractivity contribution in [1.29, 1.82) is 0 Å². The fourth-order valence-corrected chi connectivity index (χ4v) is 4.73. The lowest BCUT2D eigenvalue weighted by molar-refractivity contribution is -0.131. The van der Waals surface area contributed by atoms with Gasteiger partial charge in [-0.3, -0.25) is 14.4 Å². The van der Waals surface area contributed by atoms with Gasteiger partial charge in [-0.05, 0) is 54.9 Å². The van der Waals surface area contributed by atoms with Gasteiger partial charge in [0.15, 0.2) is 5.78 Å². The third-order valence-electron chi connectivity index (χ3n) is 6.43. The summed E-state index contributed by atoms with van der Waals surface area (Å²) in [6.07, 6.45) is 2.41. The fraction of sp³-hybridized carbons (Fsp3) is 0.423. The highest BCUT2D eigenvalue weighted by Gasteiger charge is 2.55. The van der Waals surface area contributed by atoms with Crippen LogP contribution in [0.3, 0.4) is 0 Å². The molecule has 0 aromatic heterocycles. The molecule has 0 radical (unpaired) electrons. The first-order valence-electron chi connectivity index (χ1n) is 11.3. The van der Waals surface area contributed by atoms with Gasteiger partial charge < -0.3 is 15.4 Å². The second-order valence-electron chi connectivity index (χ2n) is 9.17.